The fourth-order valence-corrected chi connectivity index (χ4v) is 2.57. The van der Waals surface area contributed by atoms with Crippen LogP contribution in [0.2, 0.25) is 0 Å². The summed E-state index contributed by atoms with van der Waals surface area (Å²) in [7, 11) is 3.27. The highest BCUT2D eigenvalue weighted by atomic mass is 32.2. The summed E-state index contributed by atoms with van der Waals surface area (Å²) in [5.74, 6) is 2.23. The van der Waals surface area contributed by atoms with Crippen LogP contribution in [0.5, 0.6) is 11.5 Å². The molecular weight excluding hydrogens is 274 g/mol. The molecule has 0 saturated carbocycles. The van der Waals surface area contributed by atoms with Crippen molar-refractivity contribution < 1.29 is 9.47 Å². The van der Waals surface area contributed by atoms with E-state index >= 15 is 0 Å². The second-order valence-electron chi connectivity index (χ2n) is 4.07. The van der Waals surface area contributed by atoms with E-state index in [9.17, 15) is 0 Å². The fourth-order valence-electron chi connectivity index (χ4n) is 1.76. The molecule has 0 amide bonds. The minimum absolute atomic E-state index is 0.167. The molecule has 0 aliphatic carbocycles. The molecule has 1 unspecified atom stereocenters. The van der Waals surface area contributed by atoms with Gasteiger partial charge in [-0.3, -0.25) is 0 Å². The van der Waals surface area contributed by atoms with Gasteiger partial charge in [0.25, 0.3) is 0 Å². The summed E-state index contributed by atoms with van der Waals surface area (Å²) in [5, 5.41) is 0.900. The molecule has 0 aliphatic rings. The molecule has 20 heavy (non-hydrogen) atoms. The molecule has 0 saturated heterocycles. The van der Waals surface area contributed by atoms with Crippen molar-refractivity contribution in [2.24, 2.45) is 5.73 Å². The van der Waals surface area contributed by atoms with Gasteiger partial charge in [0.15, 0.2) is 0 Å². The summed E-state index contributed by atoms with van der Waals surface area (Å²) >= 11 is 1.58. The Morgan fingerprint density at radius 3 is 2.75 bits per heavy atom. The topological polar surface area (TPSA) is 70.3 Å². The highest BCUT2D eigenvalue weighted by molar-refractivity contribution is 7.99. The van der Waals surface area contributed by atoms with Crippen LogP contribution in [0.4, 0.5) is 0 Å². The standard InChI is InChI=1S/C14H17N3O2S/c1-18-10-3-4-13(19-2)11(7-10)12(15)8-20-14-5-6-16-9-17-14/h3-7,9,12H,8,15H2,1-2H3. The summed E-state index contributed by atoms with van der Waals surface area (Å²) < 4.78 is 10.6. The molecule has 0 fully saturated rings. The number of nitrogens with two attached hydrogens (primary N) is 1. The van der Waals surface area contributed by atoms with Gasteiger partial charge in [0.05, 0.1) is 19.2 Å². The first-order chi connectivity index (χ1) is 9.74. The van der Waals surface area contributed by atoms with Crippen LogP contribution in [-0.2, 0) is 0 Å². The molecule has 1 heterocycles. The van der Waals surface area contributed by atoms with Crippen LogP contribution in [0.25, 0.3) is 0 Å². The third-order valence-electron chi connectivity index (χ3n) is 2.80. The maximum absolute atomic E-state index is 6.24. The highest BCUT2D eigenvalue weighted by Gasteiger charge is 2.14. The zero-order valence-electron chi connectivity index (χ0n) is 11.4. The number of thioether (sulfide) groups is 1. The molecule has 1 aromatic heterocycles. The van der Waals surface area contributed by atoms with E-state index < -0.39 is 0 Å². The Balaban J connectivity index is 2.09. The van der Waals surface area contributed by atoms with Crippen molar-refractivity contribution in [3.63, 3.8) is 0 Å². The number of rotatable bonds is 6. The van der Waals surface area contributed by atoms with E-state index in [4.69, 9.17) is 15.2 Å². The molecule has 1 atom stereocenters. The van der Waals surface area contributed by atoms with Crippen molar-refractivity contribution in [3.05, 3.63) is 42.4 Å². The monoisotopic (exact) mass is 291 g/mol. The first-order valence-corrected chi connectivity index (χ1v) is 7.09. The lowest BCUT2D eigenvalue weighted by molar-refractivity contribution is 0.396. The molecule has 0 bridgehead atoms. The van der Waals surface area contributed by atoms with E-state index in [1.54, 1.807) is 32.2 Å². The first kappa shape index (κ1) is 14.6. The van der Waals surface area contributed by atoms with Crippen LogP contribution < -0.4 is 15.2 Å². The van der Waals surface area contributed by atoms with E-state index in [1.807, 2.05) is 24.3 Å². The zero-order valence-corrected chi connectivity index (χ0v) is 12.3. The summed E-state index contributed by atoms with van der Waals surface area (Å²) in [4.78, 5) is 8.05. The number of hydrogen-bond donors (Lipinski definition) is 1. The predicted molar refractivity (Wildman–Crippen MR) is 79.2 cm³/mol. The molecule has 0 radical (unpaired) electrons. The predicted octanol–water partition coefficient (Wildman–Crippen LogP) is 2.29. The number of hydrogen-bond acceptors (Lipinski definition) is 6. The van der Waals surface area contributed by atoms with Gasteiger partial charge in [0.1, 0.15) is 17.8 Å². The summed E-state index contributed by atoms with van der Waals surface area (Å²) in [6.45, 7) is 0. The van der Waals surface area contributed by atoms with E-state index in [1.165, 1.54) is 6.33 Å². The van der Waals surface area contributed by atoms with Crippen molar-refractivity contribution in [1.82, 2.24) is 9.97 Å². The minimum Gasteiger partial charge on any atom is -0.497 e. The second kappa shape index (κ2) is 7.12. The molecular formula is C14H17N3O2S. The average molecular weight is 291 g/mol. The Bertz CT molecular complexity index is 551. The van der Waals surface area contributed by atoms with Gasteiger partial charge >= 0.3 is 0 Å². The van der Waals surface area contributed by atoms with Crippen LogP contribution in [0.15, 0.2) is 41.8 Å². The number of benzene rings is 1. The lowest BCUT2D eigenvalue weighted by atomic mass is 10.1. The third-order valence-corrected chi connectivity index (χ3v) is 3.86. The van der Waals surface area contributed by atoms with Crippen molar-refractivity contribution >= 4 is 11.8 Å². The van der Waals surface area contributed by atoms with Gasteiger partial charge in [0.2, 0.25) is 0 Å². The Kier molecular flexibility index (Phi) is 5.20. The molecule has 2 N–H and O–H groups in total. The third kappa shape index (κ3) is 3.61. The molecule has 5 nitrogen and oxygen atoms in total. The van der Waals surface area contributed by atoms with Crippen LogP contribution in [0.1, 0.15) is 11.6 Å². The summed E-state index contributed by atoms with van der Waals surface area (Å²) in [6.07, 6.45) is 3.24. The van der Waals surface area contributed by atoms with E-state index in [-0.39, 0.29) is 6.04 Å². The van der Waals surface area contributed by atoms with Crippen molar-refractivity contribution in [2.45, 2.75) is 11.1 Å². The molecule has 6 heteroatoms. The summed E-state index contributed by atoms with van der Waals surface area (Å²) in [5.41, 5.74) is 7.17. The summed E-state index contributed by atoms with van der Waals surface area (Å²) in [6, 6.07) is 7.32. The first-order valence-electron chi connectivity index (χ1n) is 6.11. The normalized spacial score (nSPS) is 11.9. The van der Waals surface area contributed by atoms with E-state index in [0.29, 0.717) is 5.75 Å². The zero-order chi connectivity index (χ0) is 14.4. The maximum atomic E-state index is 6.24. The fraction of sp³-hybridized carbons (Fsp3) is 0.286. The van der Waals surface area contributed by atoms with Crippen LogP contribution in [0.3, 0.4) is 0 Å². The molecule has 1 aromatic carbocycles. The Hall–Kier alpha value is -1.79. The van der Waals surface area contributed by atoms with Gasteiger partial charge in [-0.1, -0.05) is 0 Å². The molecule has 2 rings (SSSR count). The van der Waals surface area contributed by atoms with Crippen molar-refractivity contribution in [3.8, 4) is 11.5 Å². The quantitative estimate of drug-likeness (QED) is 0.650. The average Bonchev–Trinajstić information content (AvgIpc) is 2.52. The van der Waals surface area contributed by atoms with Gasteiger partial charge in [-0.2, -0.15) is 0 Å². The van der Waals surface area contributed by atoms with E-state index in [2.05, 4.69) is 9.97 Å². The van der Waals surface area contributed by atoms with Crippen LogP contribution in [-0.4, -0.2) is 29.9 Å². The molecule has 0 spiro atoms. The Morgan fingerprint density at radius 1 is 1.25 bits per heavy atom. The van der Waals surface area contributed by atoms with Crippen molar-refractivity contribution in [1.29, 1.82) is 0 Å². The second-order valence-corrected chi connectivity index (χ2v) is 5.11. The van der Waals surface area contributed by atoms with Crippen LogP contribution in [0, 0.1) is 0 Å². The van der Waals surface area contributed by atoms with E-state index in [0.717, 1.165) is 22.1 Å². The number of ether oxygens (including phenoxy) is 2. The lowest BCUT2D eigenvalue weighted by Crippen LogP contribution is -2.14. The maximum Gasteiger partial charge on any atom is 0.123 e. The van der Waals surface area contributed by atoms with Crippen LogP contribution >= 0.6 is 11.8 Å². The van der Waals surface area contributed by atoms with Gasteiger partial charge < -0.3 is 15.2 Å². The SMILES string of the molecule is COc1ccc(OC)c(C(N)CSc2ccncn2)c1. The number of methoxy groups -OCH3 is 2. The van der Waals surface area contributed by atoms with Gasteiger partial charge in [-0.25, -0.2) is 9.97 Å². The smallest absolute Gasteiger partial charge is 0.123 e. The number of aromatic nitrogens is 2. The molecule has 2 aromatic rings. The van der Waals surface area contributed by atoms with Gasteiger partial charge in [0, 0.05) is 23.6 Å². The largest absolute Gasteiger partial charge is 0.497 e. The van der Waals surface area contributed by atoms with Gasteiger partial charge in [-0.15, -0.1) is 11.8 Å². The minimum atomic E-state index is -0.167. The highest BCUT2D eigenvalue weighted by Crippen LogP contribution is 2.31. The Morgan fingerprint density at radius 2 is 2.10 bits per heavy atom. The van der Waals surface area contributed by atoms with Crippen molar-refractivity contribution in [2.75, 3.05) is 20.0 Å². The molecule has 0 aliphatic heterocycles. The molecule has 106 valence electrons. The Labute approximate surface area is 122 Å². The number of nitrogens with zero attached hydrogens (tertiary/aromatic N) is 2. The lowest BCUT2D eigenvalue weighted by Gasteiger charge is -2.16. The van der Waals surface area contributed by atoms with Gasteiger partial charge in [-0.05, 0) is 24.3 Å².